The second kappa shape index (κ2) is 5.31. The third kappa shape index (κ3) is 2.17. The van der Waals surface area contributed by atoms with Gasteiger partial charge in [0.05, 0.1) is 17.5 Å². The van der Waals surface area contributed by atoms with Gasteiger partial charge in [0.2, 0.25) is 0 Å². The minimum Gasteiger partial charge on any atom is -0.497 e. The first kappa shape index (κ1) is 14.3. The maximum absolute atomic E-state index is 12.8. The number of fused-ring (bicyclic) bond motifs is 1. The number of aldehydes is 1. The van der Waals surface area contributed by atoms with Crippen LogP contribution in [-0.2, 0) is 10.0 Å². The number of hydrogen-bond acceptors (Lipinski definition) is 4. The van der Waals surface area contributed by atoms with E-state index in [1.165, 1.54) is 25.4 Å². The molecular weight excluding hydrogens is 302 g/mol. The summed E-state index contributed by atoms with van der Waals surface area (Å²) >= 11 is 0. The molecule has 0 spiro atoms. The Morgan fingerprint density at radius 3 is 2.45 bits per heavy atom. The lowest BCUT2D eigenvalue weighted by Gasteiger charge is -2.08. The van der Waals surface area contributed by atoms with E-state index in [2.05, 4.69) is 0 Å². The third-order valence-electron chi connectivity index (χ3n) is 3.44. The van der Waals surface area contributed by atoms with E-state index < -0.39 is 10.0 Å². The van der Waals surface area contributed by atoms with Crippen LogP contribution in [0.1, 0.15) is 10.4 Å². The van der Waals surface area contributed by atoms with Crippen LogP contribution in [0, 0.1) is 0 Å². The van der Waals surface area contributed by atoms with Gasteiger partial charge < -0.3 is 4.74 Å². The van der Waals surface area contributed by atoms with Gasteiger partial charge in [-0.2, -0.15) is 0 Å². The molecule has 3 rings (SSSR count). The number of carbonyl (C=O) groups is 1. The van der Waals surface area contributed by atoms with Gasteiger partial charge in [-0.25, -0.2) is 12.4 Å². The van der Waals surface area contributed by atoms with Crippen molar-refractivity contribution in [1.29, 1.82) is 0 Å². The topological polar surface area (TPSA) is 65.4 Å². The molecule has 0 aliphatic rings. The van der Waals surface area contributed by atoms with Crippen molar-refractivity contribution >= 4 is 27.2 Å². The molecule has 0 saturated heterocycles. The SMILES string of the molecule is COc1ccc2c(C=O)cn(S(=O)(=O)c3ccccc3)c2c1. The van der Waals surface area contributed by atoms with Gasteiger partial charge in [-0.3, -0.25) is 4.79 Å². The first-order valence-electron chi connectivity index (χ1n) is 6.53. The van der Waals surface area contributed by atoms with Crippen LogP contribution in [-0.4, -0.2) is 25.8 Å². The minimum absolute atomic E-state index is 0.159. The molecule has 0 aliphatic carbocycles. The van der Waals surface area contributed by atoms with Crippen LogP contribution in [0.4, 0.5) is 0 Å². The summed E-state index contributed by atoms with van der Waals surface area (Å²) in [7, 11) is -2.28. The van der Waals surface area contributed by atoms with E-state index in [0.29, 0.717) is 28.5 Å². The highest BCUT2D eigenvalue weighted by atomic mass is 32.2. The molecule has 3 aromatic rings. The van der Waals surface area contributed by atoms with E-state index in [0.717, 1.165) is 3.97 Å². The van der Waals surface area contributed by atoms with Gasteiger partial charge in [0.15, 0.2) is 6.29 Å². The Hall–Kier alpha value is -2.60. The van der Waals surface area contributed by atoms with Crippen molar-refractivity contribution in [3.63, 3.8) is 0 Å². The molecule has 0 saturated carbocycles. The molecule has 0 unspecified atom stereocenters. The summed E-state index contributed by atoms with van der Waals surface area (Å²) in [5, 5.41) is 0.565. The first-order chi connectivity index (χ1) is 10.6. The highest BCUT2D eigenvalue weighted by molar-refractivity contribution is 7.90. The Morgan fingerprint density at radius 1 is 1.09 bits per heavy atom. The lowest BCUT2D eigenvalue weighted by atomic mass is 10.2. The summed E-state index contributed by atoms with van der Waals surface area (Å²) in [6.07, 6.45) is 1.98. The van der Waals surface area contributed by atoms with Crippen molar-refractivity contribution < 1.29 is 17.9 Å². The van der Waals surface area contributed by atoms with E-state index in [1.54, 1.807) is 36.4 Å². The van der Waals surface area contributed by atoms with Crippen LogP contribution < -0.4 is 4.74 Å². The van der Waals surface area contributed by atoms with E-state index in [1.807, 2.05) is 0 Å². The Morgan fingerprint density at radius 2 is 1.82 bits per heavy atom. The van der Waals surface area contributed by atoms with Crippen LogP contribution in [0.15, 0.2) is 59.6 Å². The summed E-state index contributed by atoms with van der Waals surface area (Å²) in [4.78, 5) is 11.4. The summed E-state index contributed by atoms with van der Waals surface area (Å²) in [5.74, 6) is 0.521. The summed E-state index contributed by atoms with van der Waals surface area (Å²) in [6.45, 7) is 0. The molecule has 2 aromatic carbocycles. The van der Waals surface area contributed by atoms with Crippen molar-refractivity contribution in [2.45, 2.75) is 4.90 Å². The molecule has 0 fully saturated rings. The zero-order valence-electron chi connectivity index (χ0n) is 11.8. The fourth-order valence-electron chi connectivity index (χ4n) is 2.33. The van der Waals surface area contributed by atoms with Crippen molar-refractivity contribution in [2.24, 2.45) is 0 Å². The molecule has 1 heterocycles. The third-order valence-corrected chi connectivity index (χ3v) is 5.12. The van der Waals surface area contributed by atoms with Gasteiger partial charge in [-0.05, 0) is 24.3 Å². The molecule has 6 heteroatoms. The van der Waals surface area contributed by atoms with E-state index in [9.17, 15) is 13.2 Å². The highest BCUT2D eigenvalue weighted by Crippen LogP contribution is 2.28. The molecule has 0 atom stereocenters. The fourth-order valence-corrected chi connectivity index (χ4v) is 3.72. The maximum Gasteiger partial charge on any atom is 0.268 e. The monoisotopic (exact) mass is 315 g/mol. The molecule has 5 nitrogen and oxygen atoms in total. The van der Waals surface area contributed by atoms with Crippen molar-refractivity contribution in [2.75, 3.05) is 7.11 Å². The molecule has 0 bridgehead atoms. The second-order valence-electron chi connectivity index (χ2n) is 4.70. The zero-order valence-corrected chi connectivity index (χ0v) is 12.6. The average Bonchev–Trinajstić information content (AvgIpc) is 2.94. The van der Waals surface area contributed by atoms with Gasteiger partial charge in [-0.15, -0.1) is 0 Å². The molecule has 22 heavy (non-hydrogen) atoms. The predicted molar refractivity (Wildman–Crippen MR) is 82.9 cm³/mol. The van der Waals surface area contributed by atoms with Crippen LogP contribution in [0.25, 0.3) is 10.9 Å². The molecule has 112 valence electrons. The number of aromatic nitrogens is 1. The number of hydrogen-bond donors (Lipinski definition) is 0. The largest absolute Gasteiger partial charge is 0.497 e. The number of benzene rings is 2. The normalized spacial score (nSPS) is 11.5. The van der Waals surface area contributed by atoms with E-state index in [4.69, 9.17) is 4.74 Å². The van der Waals surface area contributed by atoms with Crippen molar-refractivity contribution in [3.05, 3.63) is 60.3 Å². The van der Waals surface area contributed by atoms with Gasteiger partial charge in [-0.1, -0.05) is 18.2 Å². The Bertz CT molecular complexity index is 943. The van der Waals surface area contributed by atoms with E-state index in [-0.39, 0.29) is 4.90 Å². The number of nitrogens with zero attached hydrogens (tertiary/aromatic N) is 1. The van der Waals surface area contributed by atoms with Gasteiger partial charge in [0, 0.05) is 23.2 Å². The number of carbonyl (C=O) groups excluding carboxylic acids is 1. The smallest absolute Gasteiger partial charge is 0.268 e. The fraction of sp³-hybridized carbons (Fsp3) is 0.0625. The van der Waals surface area contributed by atoms with Crippen LogP contribution in [0.3, 0.4) is 0 Å². The van der Waals surface area contributed by atoms with Crippen molar-refractivity contribution in [1.82, 2.24) is 3.97 Å². The Balaban J connectivity index is 2.33. The Kier molecular flexibility index (Phi) is 3.46. The molecular formula is C16H13NO4S. The van der Waals surface area contributed by atoms with Crippen LogP contribution in [0.5, 0.6) is 5.75 Å². The van der Waals surface area contributed by atoms with Gasteiger partial charge in [0.1, 0.15) is 5.75 Å². The lowest BCUT2D eigenvalue weighted by molar-refractivity contribution is 0.112. The zero-order chi connectivity index (χ0) is 15.7. The summed E-state index contributed by atoms with van der Waals surface area (Å²) < 4.78 is 31.8. The number of methoxy groups -OCH3 is 1. The highest BCUT2D eigenvalue weighted by Gasteiger charge is 2.21. The second-order valence-corrected chi connectivity index (χ2v) is 6.51. The quantitative estimate of drug-likeness (QED) is 0.694. The van der Waals surface area contributed by atoms with Crippen molar-refractivity contribution in [3.8, 4) is 5.75 Å². The van der Waals surface area contributed by atoms with Gasteiger partial charge in [0.25, 0.3) is 10.0 Å². The molecule has 0 amide bonds. The summed E-state index contributed by atoms with van der Waals surface area (Å²) in [6, 6.07) is 13.0. The molecule has 0 N–H and O–H groups in total. The maximum atomic E-state index is 12.8. The molecule has 0 aliphatic heterocycles. The standard InChI is InChI=1S/C16H13NO4S/c1-21-13-7-8-15-12(11-18)10-17(16(15)9-13)22(19,20)14-5-3-2-4-6-14/h2-11H,1H3. The predicted octanol–water partition coefficient (Wildman–Crippen LogP) is 2.70. The minimum atomic E-state index is -3.78. The Labute approximate surface area is 127 Å². The van der Waals surface area contributed by atoms with E-state index >= 15 is 0 Å². The van der Waals surface area contributed by atoms with Crippen LogP contribution >= 0.6 is 0 Å². The molecule has 1 aromatic heterocycles. The lowest BCUT2D eigenvalue weighted by Crippen LogP contribution is -2.11. The first-order valence-corrected chi connectivity index (χ1v) is 7.97. The molecule has 0 radical (unpaired) electrons. The van der Waals surface area contributed by atoms with Gasteiger partial charge >= 0.3 is 0 Å². The summed E-state index contributed by atoms with van der Waals surface area (Å²) in [5.41, 5.74) is 0.725. The number of rotatable bonds is 4. The van der Waals surface area contributed by atoms with Crippen LogP contribution in [0.2, 0.25) is 0 Å². The number of ether oxygens (including phenoxy) is 1. The average molecular weight is 315 g/mol.